The van der Waals surface area contributed by atoms with Gasteiger partial charge in [-0.2, -0.15) is 4.39 Å². The normalized spacial score (nSPS) is 22.1. The number of rotatable bonds is 5. The fourth-order valence-electron chi connectivity index (χ4n) is 4.55. The number of aryl methyl sites for hydroxylation is 1. The van der Waals surface area contributed by atoms with Gasteiger partial charge in [-0.1, -0.05) is 6.07 Å². The van der Waals surface area contributed by atoms with Crippen molar-refractivity contribution in [1.82, 2.24) is 25.2 Å². The standard InChI is InChI=1S/C22H22F2N6O2/c1-10-21(31)29-19-14(26-10)4-3-11(17(19)23)7-30-8-12-13(9-30)18(12)27-15-5-6-16(22(32)25-2)28-20(15)24/h3-6,12-13,18,27H,7-9H2,1-2H3,(H,25,32)(H,29,31). The van der Waals surface area contributed by atoms with E-state index in [1.807, 2.05) is 0 Å². The number of nitrogens with zero attached hydrogens (tertiary/aromatic N) is 3. The molecule has 0 bridgehead atoms. The van der Waals surface area contributed by atoms with Crippen LogP contribution < -0.4 is 16.2 Å². The third-order valence-electron chi connectivity index (χ3n) is 6.35. The number of piperidine rings is 1. The lowest BCUT2D eigenvalue weighted by molar-refractivity contribution is 0.0957. The molecule has 2 aromatic heterocycles. The average Bonchev–Trinajstić information content (AvgIpc) is 3.21. The van der Waals surface area contributed by atoms with Gasteiger partial charge in [-0.25, -0.2) is 14.4 Å². The number of likely N-dealkylation sites (tertiary alicyclic amines) is 1. The molecule has 2 atom stereocenters. The van der Waals surface area contributed by atoms with Crippen LogP contribution in [0, 0.1) is 30.5 Å². The van der Waals surface area contributed by atoms with Crippen molar-refractivity contribution in [2.45, 2.75) is 19.5 Å². The van der Waals surface area contributed by atoms with Crippen LogP contribution in [0.5, 0.6) is 0 Å². The van der Waals surface area contributed by atoms with Gasteiger partial charge in [-0.05, 0) is 37.0 Å². The Hall–Kier alpha value is -3.40. The second-order valence-electron chi connectivity index (χ2n) is 8.39. The molecule has 32 heavy (non-hydrogen) atoms. The molecule has 166 valence electrons. The number of pyridine rings is 1. The Bertz CT molecular complexity index is 1280. The molecule has 1 saturated carbocycles. The first-order chi connectivity index (χ1) is 15.4. The number of anilines is 1. The fourth-order valence-corrected chi connectivity index (χ4v) is 4.55. The minimum atomic E-state index is -0.705. The largest absolute Gasteiger partial charge is 0.378 e. The summed E-state index contributed by atoms with van der Waals surface area (Å²) in [6.45, 7) is 3.53. The Morgan fingerprint density at radius 2 is 1.94 bits per heavy atom. The van der Waals surface area contributed by atoms with E-state index in [1.165, 1.54) is 19.2 Å². The van der Waals surface area contributed by atoms with Gasteiger partial charge in [0, 0.05) is 38.3 Å². The maximum absolute atomic E-state index is 14.9. The summed E-state index contributed by atoms with van der Waals surface area (Å²) in [7, 11) is 1.46. The Kier molecular flexibility index (Phi) is 4.89. The van der Waals surface area contributed by atoms with Crippen molar-refractivity contribution < 1.29 is 13.6 Å². The van der Waals surface area contributed by atoms with Crippen molar-refractivity contribution >= 4 is 22.6 Å². The third-order valence-corrected chi connectivity index (χ3v) is 6.35. The second kappa shape index (κ2) is 7.63. The van der Waals surface area contributed by atoms with Crippen LogP contribution >= 0.6 is 0 Å². The lowest BCUT2D eigenvalue weighted by Gasteiger charge is -2.21. The molecule has 2 fully saturated rings. The highest BCUT2D eigenvalue weighted by atomic mass is 19.1. The highest BCUT2D eigenvalue weighted by Crippen LogP contribution is 2.47. The van der Waals surface area contributed by atoms with Crippen LogP contribution in [0.3, 0.4) is 0 Å². The molecule has 3 heterocycles. The van der Waals surface area contributed by atoms with Crippen LogP contribution in [0.1, 0.15) is 21.7 Å². The van der Waals surface area contributed by atoms with E-state index < -0.39 is 23.2 Å². The van der Waals surface area contributed by atoms with Crippen LogP contribution in [0.15, 0.2) is 29.1 Å². The van der Waals surface area contributed by atoms with E-state index in [9.17, 15) is 18.4 Å². The molecule has 10 heteroatoms. The molecule has 1 aromatic carbocycles. The van der Waals surface area contributed by atoms with Crippen molar-refractivity contribution in [1.29, 1.82) is 0 Å². The van der Waals surface area contributed by atoms with Gasteiger partial charge >= 0.3 is 0 Å². The summed E-state index contributed by atoms with van der Waals surface area (Å²) in [4.78, 5) is 36.0. The number of amides is 1. The van der Waals surface area contributed by atoms with Crippen LogP contribution in [0.25, 0.3) is 11.0 Å². The summed E-state index contributed by atoms with van der Waals surface area (Å²) in [5, 5.41) is 5.60. The van der Waals surface area contributed by atoms with Gasteiger partial charge < -0.3 is 15.6 Å². The van der Waals surface area contributed by atoms with Gasteiger partial charge in [0.05, 0.1) is 11.2 Å². The van der Waals surface area contributed by atoms with Crippen molar-refractivity contribution in [3.63, 3.8) is 0 Å². The van der Waals surface area contributed by atoms with Crippen molar-refractivity contribution in [2.75, 3.05) is 25.5 Å². The second-order valence-corrected chi connectivity index (χ2v) is 8.39. The number of aromatic nitrogens is 3. The fraction of sp³-hybridized carbons (Fsp3) is 0.364. The first kappa shape index (κ1) is 20.5. The minimum Gasteiger partial charge on any atom is -0.378 e. The molecule has 0 radical (unpaired) electrons. The van der Waals surface area contributed by atoms with E-state index in [4.69, 9.17) is 0 Å². The lowest BCUT2D eigenvalue weighted by Crippen LogP contribution is -2.28. The number of carbonyl (C=O) groups excluding carboxylic acids is 1. The molecule has 3 aromatic rings. The van der Waals surface area contributed by atoms with Crippen LogP contribution in [0.4, 0.5) is 14.5 Å². The first-order valence-electron chi connectivity index (χ1n) is 10.4. The van der Waals surface area contributed by atoms with E-state index in [2.05, 4.69) is 30.5 Å². The van der Waals surface area contributed by atoms with E-state index in [-0.39, 0.29) is 22.9 Å². The molecule has 1 aliphatic carbocycles. The predicted octanol–water partition coefficient (Wildman–Crippen LogP) is 1.81. The van der Waals surface area contributed by atoms with Gasteiger partial charge in [0.25, 0.3) is 11.5 Å². The maximum Gasteiger partial charge on any atom is 0.269 e. The molecular formula is C22H22F2N6O2. The van der Waals surface area contributed by atoms with E-state index in [0.717, 1.165) is 13.1 Å². The SMILES string of the molecule is CNC(=O)c1ccc(NC2C3CN(Cc4ccc5nc(C)c(=O)[nH]c5c4F)CC32)c(F)n1. The quantitative estimate of drug-likeness (QED) is 0.523. The van der Waals surface area contributed by atoms with Gasteiger partial charge in [-0.3, -0.25) is 14.5 Å². The Morgan fingerprint density at radius 1 is 1.19 bits per heavy atom. The maximum atomic E-state index is 14.9. The minimum absolute atomic E-state index is 0.0295. The molecule has 8 nitrogen and oxygen atoms in total. The summed E-state index contributed by atoms with van der Waals surface area (Å²) < 4.78 is 29.2. The molecule has 2 aliphatic rings. The van der Waals surface area contributed by atoms with E-state index in [1.54, 1.807) is 19.1 Å². The number of hydrogen-bond donors (Lipinski definition) is 3. The number of hydrogen-bond acceptors (Lipinski definition) is 6. The van der Waals surface area contributed by atoms with E-state index in [0.29, 0.717) is 35.2 Å². The highest BCUT2D eigenvalue weighted by Gasteiger charge is 2.55. The molecule has 0 spiro atoms. The number of carbonyl (C=O) groups is 1. The van der Waals surface area contributed by atoms with Crippen LogP contribution in [-0.2, 0) is 6.54 Å². The summed E-state index contributed by atoms with van der Waals surface area (Å²) in [5.41, 5.74) is 1.27. The monoisotopic (exact) mass is 440 g/mol. The van der Waals surface area contributed by atoms with Crippen LogP contribution in [0.2, 0.25) is 0 Å². The van der Waals surface area contributed by atoms with Crippen molar-refractivity contribution in [3.8, 4) is 0 Å². The number of benzene rings is 1. The Morgan fingerprint density at radius 3 is 2.62 bits per heavy atom. The lowest BCUT2D eigenvalue weighted by atomic mass is 10.1. The zero-order valence-electron chi connectivity index (χ0n) is 17.6. The first-order valence-corrected chi connectivity index (χ1v) is 10.4. The third kappa shape index (κ3) is 3.50. The molecule has 3 N–H and O–H groups in total. The van der Waals surface area contributed by atoms with Crippen molar-refractivity contribution in [3.05, 3.63) is 63.3 Å². The van der Waals surface area contributed by atoms with Gasteiger partial charge in [0.1, 0.15) is 16.9 Å². The summed E-state index contributed by atoms with van der Waals surface area (Å²) in [6.07, 6.45) is 0. The number of H-pyrrole nitrogens is 1. The number of halogens is 2. The summed E-state index contributed by atoms with van der Waals surface area (Å²) >= 11 is 0. The average molecular weight is 440 g/mol. The van der Waals surface area contributed by atoms with Crippen LogP contribution in [-0.4, -0.2) is 51.9 Å². The van der Waals surface area contributed by atoms with Crippen molar-refractivity contribution in [2.24, 2.45) is 11.8 Å². The Labute approximate surface area is 182 Å². The number of fused-ring (bicyclic) bond motifs is 2. The molecule has 1 amide bonds. The zero-order valence-corrected chi connectivity index (χ0v) is 17.6. The summed E-state index contributed by atoms with van der Waals surface area (Å²) in [5.74, 6) is -0.928. The Balaban J connectivity index is 1.23. The number of nitrogens with one attached hydrogen (secondary N) is 3. The predicted molar refractivity (Wildman–Crippen MR) is 114 cm³/mol. The molecule has 1 saturated heterocycles. The van der Waals surface area contributed by atoms with Gasteiger partial charge in [0.15, 0.2) is 5.82 Å². The molecule has 1 aliphatic heterocycles. The number of aromatic amines is 1. The topological polar surface area (TPSA) is 103 Å². The molecule has 2 unspecified atom stereocenters. The van der Waals surface area contributed by atoms with Gasteiger partial charge in [0.2, 0.25) is 5.95 Å². The molecule has 5 rings (SSSR count). The highest BCUT2D eigenvalue weighted by molar-refractivity contribution is 5.92. The van der Waals surface area contributed by atoms with Gasteiger partial charge in [-0.15, -0.1) is 0 Å². The zero-order chi connectivity index (χ0) is 22.6. The summed E-state index contributed by atoms with van der Waals surface area (Å²) in [6, 6.07) is 6.56. The smallest absolute Gasteiger partial charge is 0.269 e. The molecular weight excluding hydrogens is 418 g/mol. The van der Waals surface area contributed by atoms with E-state index >= 15 is 0 Å².